The van der Waals surface area contributed by atoms with Crippen molar-refractivity contribution in [2.45, 2.75) is 19.3 Å². The highest BCUT2D eigenvalue weighted by molar-refractivity contribution is 6.05. The van der Waals surface area contributed by atoms with Crippen molar-refractivity contribution in [3.8, 4) is 0 Å². The fraction of sp³-hybridized carbons (Fsp3) is 0.280. The molecule has 2 aromatic carbocycles. The molecule has 0 heterocycles. The molecule has 196 valence electrons. The van der Waals surface area contributed by atoms with Crippen molar-refractivity contribution in [3.63, 3.8) is 0 Å². The highest BCUT2D eigenvalue weighted by Crippen LogP contribution is 2.22. The summed E-state index contributed by atoms with van der Waals surface area (Å²) in [5, 5.41) is 5.07. The van der Waals surface area contributed by atoms with Gasteiger partial charge in [0.2, 0.25) is 11.8 Å². The lowest BCUT2D eigenvalue weighted by Crippen LogP contribution is -2.18. The summed E-state index contributed by atoms with van der Waals surface area (Å²) in [4.78, 5) is 72.6. The lowest BCUT2D eigenvalue weighted by molar-refractivity contribution is -0.117. The summed E-state index contributed by atoms with van der Waals surface area (Å²) < 4.78 is 18.7. The van der Waals surface area contributed by atoms with E-state index < -0.39 is 35.7 Å². The van der Waals surface area contributed by atoms with Crippen LogP contribution in [0.2, 0.25) is 0 Å². The number of amides is 2. The standard InChI is InChI=1S/C25H26N2O10/c1-34-22(30)14-8-10-16(24(32)36-3)18(12-14)26-20(28)6-5-7-21(29)27-19-13-15(23(31)35-2)9-11-17(19)25(33)37-4/h8-13H,5-7H2,1-4H3,(H,26,28)(H,27,29). The first-order valence-electron chi connectivity index (χ1n) is 10.9. The molecule has 0 bridgehead atoms. The molecular weight excluding hydrogens is 488 g/mol. The van der Waals surface area contributed by atoms with Gasteiger partial charge in [0.1, 0.15) is 0 Å². The van der Waals surface area contributed by atoms with Crippen LogP contribution in [0.4, 0.5) is 11.4 Å². The highest BCUT2D eigenvalue weighted by Gasteiger charge is 2.19. The second kappa shape index (κ2) is 13.4. The van der Waals surface area contributed by atoms with Gasteiger partial charge >= 0.3 is 23.9 Å². The third-order valence-electron chi connectivity index (χ3n) is 5.05. The van der Waals surface area contributed by atoms with Gasteiger partial charge in [0.25, 0.3) is 0 Å². The van der Waals surface area contributed by atoms with E-state index in [9.17, 15) is 28.8 Å². The van der Waals surface area contributed by atoms with Crippen molar-refractivity contribution in [3.05, 3.63) is 58.7 Å². The Morgan fingerprint density at radius 2 is 0.919 bits per heavy atom. The van der Waals surface area contributed by atoms with Gasteiger partial charge in [0, 0.05) is 12.8 Å². The van der Waals surface area contributed by atoms with E-state index >= 15 is 0 Å². The molecule has 0 aliphatic rings. The van der Waals surface area contributed by atoms with Gasteiger partial charge in [-0.05, 0) is 42.8 Å². The SMILES string of the molecule is COC(=O)c1ccc(C(=O)OC)c(NC(=O)CCCC(=O)Nc2cc(C(=O)OC)ccc2C(=O)OC)c1. The lowest BCUT2D eigenvalue weighted by Gasteiger charge is -2.12. The topological polar surface area (TPSA) is 163 Å². The number of hydrogen-bond acceptors (Lipinski definition) is 10. The Morgan fingerprint density at radius 1 is 0.568 bits per heavy atom. The minimum absolute atomic E-state index is 0.0297. The quantitative estimate of drug-likeness (QED) is 0.356. The molecule has 2 N–H and O–H groups in total. The van der Waals surface area contributed by atoms with Crippen molar-refractivity contribution in [1.29, 1.82) is 0 Å². The van der Waals surface area contributed by atoms with Gasteiger partial charge in [0.05, 0.1) is 62.1 Å². The van der Waals surface area contributed by atoms with E-state index in [0.717, 1.165) is 0 Å². The third-order valence-corrected chi connectivity index (χ3v) is 5.05. The van der Waals surface area contributed by atoms with Crippen molar-refractivity contribution in [2.75, 3.05) is 39.1 Å². The van der Waals surface area contributed by atoms with Crippen LogP contribution in [0.5, 0.6) is 0 Å². The number of benzene rings is 2. The van der Waals surface area contributed by atoms with Gasteiger partial charge < -0.3 is 29.6 Å². The summed E-state index contributed by atoms with van der Waals surface area (Å²) in [7, 11) is 4.74. The van der Waals surface area contributed by atoms with E-state index in [-0.39, 0.29) is 52.9 Å². The minimum atomic E-state index is -0.721. The predicted molar refractivity (Wildman–Crippen MR) is 129 cm³/mol. The van der Waals surface area contributed by atoms with Crippen molar-refractivity contribution in [1.82, 2.24) is 0 Å². The molecule has 0 fully saturated rings. The molecule has 0 aliphatic carbocycles. The molecule has 0 radical (unpaired) electrons. The minimum Gasteiger partial charge on any atom is -0.465 e. The number of rotatable bonds is 10. The van der Waals surface area contributed by atoms with Crippen LogP contribution >= 0.6 is 0 Å². The number of ether oxygens (including phenoxy) is 4. The molecule has 2 aromatic rings. The summed E-state index contributed by atoms with van der Waals surface area (Å²) in [6, 6.07) is 7.92. The molecular formula is C25H26N2O10. The Kier molecular flexibility index (Phi) is 10.3. The van der Waals surface area contributed by atoms with E-state index in [1.165, 1.54) is 64.8 Å². The number of carbonyl (C=O) groups excluding carboxylic acids is 6. The average molecular weight is 514 g/mol. The van der Waals surface area contributed by atoms with Gasteiger partial charge in [-0.25, -0.2) is 19.2 Å². The lowest BCUT2D eigenvalue weighted by atomic mass is 10.1. The predicted octanol–water partition coefficient (Wildman–Crippen LogP) is 2.58. The Hall–Kier alpha value is -4.74. The monoisotopic (exact) mass is 514 g/mol. The highest BCUT2D eigenvalue weighted by atomic mass is 16.5. The number of anilines is 2. The van der Waals surface area contributed by atoms with E-state index in [0.29, 0.717) is 0 Å². The maximum Gasteiger partial charge on any atom is 0.339 e. The number of carbonyl (C=O) groups is 6. The second-order valence-electron chi connectivity index (χ2n) is 7.44. The first kappa shape index (κ1) is 28.5. The molecule has 0 spiro atoms. The molecule has 0 atom stereocenters. The molecule has 37 heavy (non-hydrogen) atoms. The maximum atomic E-state index is 12.5. The van der Waals surface area contributed by atoms with Gasteiger partial charge in [-0.15, -0.1) is 0 Å². The van der Waals surface area contributed by atoms with Crippen LogP contribution in [0.1, 0.15) is 60.7 Å². The first-order valence-corrected chi connectivity index (χ1v) is 10.9. The summed E-state index contributed by atoms with van der Waals surface area (Å²) in [5.41, 5.74) is 0.378. The molecule has 0 saturated heterocycles. The average Bonchev–Trinajstić information content (AvgIpc) is 2.91. The molecule has 2 amide bonds. The Labute approximate surface area is 212 Å². The Balaban J connectivity index is 2.06. The van der Waals surface area contributed by atoms with Crippen LogP contribution in [0.3, 0.4) is 0 Å². The normalized spacial score (nSPS) is 10.1. The number of hydrogen-bond donors (Lipinski definition) is 2. The van der Waals surface area contributed by atoms with Gasteiger partial charge in [-0.3, -0.25) is 9.59 Å². The van der Waals surface area contributed by atoms with Gasteiger partial charge in [-0.2, -0.15) is 0 Å². The van der Waals surface area contributed by atoms with Crippen LogP contribution in [0.15, 0.2) is 36.4 Å². The Bertz CT molecular complexity index is 1130. The summed E-state index contributed by atoms with van der Waals surface area (Å²) in [6.45, 7) is 0. The van der Waals surface area contributed by atoms with Crippen LogP contribution in [-0.4, -0.2) is 64.1 Å². The molecule has 12 nitrogen and oxygen atoms in total. The maximum absolute atomic E-state index is 12.5. The number of methoxy groups -OCH3 is 4. The summed E-state index contributed by atoms with van der Waals surface area (Å²) in [6.07, 6.45) is -0.114. The molecule has 0 aliphatic heterocycles. The number of nitrogens with one attached hydrogen (secondary N) is 2. The smallest absolute Gasteiger partial charge is 0.339 e. The largest absolute Gasteiger partial charge is 0.465 e. The molecule has 0 saturated carbocycles. The zero-order valence-corrected chi connectivity index (χ0v) is 20.7. The van der Waals surface area contributed by atoms with Crippen LogP contribution in [0.25, 0.3) is 0 Å². The second-order valence-corrected chi connectivity index (χ2v) is 7.44. The molecule has 0 unspecified atom stereocenters. The van der Waals surface area contributed by atoms with Gasteiger partial charge in [0.15, 0.2) is 0 Å². The third kappa shape index (κ3) is 7.62. The zero-order valence-electron chi connectivity index (χ0n) is 20.7. The first-order chi connectivity index (χ1) is 17.6. The molecule has 12 heteroatoms. The van der Waals surface area contributed by atoms with Crippen LogP contribution in [-0.2, 0) is 28.5 Å². The van der Waals surface area contributed by atoms with Gasteiger partial charge in [-0.1, -0.05) is 0 Å². The fourth-order valence-electron chi connectivity index (χ4n) is 3.20. The molecule has 0 aromatic heterocycles. The van der Waals surface area contributed by atoms with Crippen molar-refractivity contribution >= 4 is 47.1 Å². The van der Waals surface area contributed by atoms with Crippen LogP contribution in [0, 0.1) is 0 Å². The summed E-state index contributed by atoms with van der Waals surface area (Å²) >= 11 is 0. The number of esters is 4. The zero-order chi connectivity index (χ0) is 27.5. The Morgan fingerprint density at radius 3 is 1.24 bits per heavy atom. The molecule has 2 rings (SSSR count). The summed E-state index contributed by atoms with van der Waals surface area (Å²) in [5.74, 6) is -3.81. The van der Waals surface area contributed by atoms with Crippen molar-refractivity contribution in [2.24, 2.45) is 0 Å². The van der Waals surface area contributed by atoms with E-state index in [4.69, 9.17) is 9.47 Å². The van der Waals surface area contributed by atoms with Crippen LogP contribution < -0.4 is 10.6 Å². The van der Waals surface area contributed by atoms with E-state index in [1.54, 1.807) is 0 Å². The van der Waals surface area contributed by atoms with E-state index in [1.807, 2.05) is 0 Å². The fourth-order valence-corrected chi connectivity index (χ4v) is 3.20. The van der Waals surface area contributed by atoms with Crippen molar-refractivity contribution < 1.29 is 47.7 Å². The van der Waals surface area contributed by atoms with E-state index in [2.05, 4.69) is 20.1 Å².